The van der Waals surface area contributed by atoms with Crippen LogP contribution < -0.4 is 5.32 Å². The summed E-state index contributed by atoms with van der Waals surface area (Å²) in [6.07, 6.45) is 54.2. The lowest BCUT2D eigenvalue weighted by molar-refractivity contribution is -0.151. The van der Waals surface area contributed by atoms with E-state index in [4.69, 9.17) is 4.74 Å². The molecular formula is C54H105NO5. The van der Waals surface area contributed by atoms with Crippen LogP contribution in [0.25, 0.3) is 0 Å². The quantitative estimate of drug-likeness (QED) is 0.0322. The molecule has 0 heterocycles. The van der Waals surface area contributed by atoms with Gasteiger partial charge in [-0.2, -0.15) is 0 Å². The summed E-state index contributed by atoms with van der Waals surface area (Å²) in [5, 5.41) is 23.8. The fourth-order valence-electron chi connectivity index (χ4n) is 8.49. The van der Waals surface area contributed by atoms with Crippen LogP contribution in [0.15, 0.2) is 12.2 Å². The number of unbranched alkanes of at least 4 members (excludes halogenated alkanes) is 35. The number of amides is 1. The second kappa shape index (κ2) is 48.6. The minimum Gasteiger partial charge on any atom is -0.462 e. The maximum absolute atomic E-state index is 13.2. The Morgan fingerprint density at radius 2 is 0.800 bits per heavy atom. The number of allylic oxidation sites excluding steroid dienone is 2. The molecule has 3 atom stereocenters. The number of carbonyl (C=O) groups excluding carboxylic acids is 2. The number of carbonyl (C=O) groups is 2. The maximum atomic E-state index is 13.2. The van der Waals surface area contributed by atoms with Gasteiger partial charge in [-0.05, 0) is 51.4 Å². The first-order valence-electron chi connectivity index (χ1n) is 26.9. The molecular weight excluding hydrogens is 743 g/mol. The fourth-order valence-corrected chi connectivity index (χ4v) is 8.49. The summed E-state index contributed by atoms with van der Waals surface area (Å²) in [6, 6.07) is -0.699. The van der Waals surface area contributed by atoms with Crippen molar-refractivity contribution >= 4 is 11.9 Å². The molecule has 0 aromatic heterocycles. The molecule has 0 rings (SSSR count). The molecule has 0 bridgehead atoms. The standard InChI is InChI=1S/C54H105NO5/c1-4-7-10-13-16-19-22-24-26-28-30-32-35-38-41-44-47-54(59)60-50(45-42-39-36-33-21-18-15-12-9-6-3)48-53(58)55-51(49-56)52(57)46-43-40-37-34-31-29-27-25-23-20-17-14-11-8-5-2/h18,21,50-52,56-57H,4-17,19-20,22-49H2,1-3H3,(H,55,58)/b21-18-. The van der Waals surface area contributed by atoms with Gasteiger partial charge in [-0.3, -0.25) is 9.59 Å². The van der Waals surface area contributed by atoms with E-state index in [1.54, 1.807) is 0 Å². The second-order valence-corrected chi connectivity index (χ2v) is 18.6. The van der Waals surface area contributed by atoms with Crippen molar-refractivity contribution in [2.75, 3.05) is 6.61 Å². The highest BCUT2D eigenvalue weighted by Gasteiger charge is 2.24. The summed E-state index contributed by atoms with van der Waals surface area (Å²) >= 11 is 0. The van der Waals surface area contributed by atoms with Crippen LogP contribution in [0, 0.1) is 0 Å². The summed E-state index contributed by atoms with van der Waals surface area (Å²) in [6.45, 7) is 6.48. The molecule has 3 unspecified atom stereocenters. The fraction of sp³-hybridized carbons (Fsp3) is 0.926. The molecule has 0 radical (unpaired) electrons. The van der Waals surface area contributed by atoms with Gasteiger partial charge in [0.15, 0.2) is 0 Å². The average Bonchev–Trinajstić information content (AvgIpc) is 3.24. The monoisotopic (exact) mass is 848 g/mol. The molecule has 0 aromatic carbocycles. The first kappa shape index (κ1) is 58.6. The molecule has 6 heteroatoms. The Morgan fingerprint density at radius 3 is 1.22 bits per heavy atom. The zero-order chi connectivity index (χ0) is 43.8. The number of esters is 1. The number of rotatable bonds is 49. The number of nitrogens with one attached hydrogen (secondary N) is 1. The smallest absolute Gasteiger partial charge is 0.306 e. The molecule has 0 saturated heterocycles. The van der Waals surface area contributed by atoms with E-state index in [1.807, 2.05) is 0 Å². The summed E-state index contributed by atoms with van der Waals surface area (Å²) in [4.78, 5) is 26.1. The third kappa shape index (κ3) is 43.3. The van der Waals surface area contributed by atoms with Crippen molar-refractivity contribution in [1.29, 1.82) is 0 Å². The van der Waals surface area contributed by atoms with Crippen LogP contribution in [0.2, 0.25) is 0 Å². The van der Waals surface area contributed by atoms with Crippen LogP contribution in [0.3, 0.4) is 0 Å². The van der Waals surface area contributed by atoms with Crippen molar-refractivity contribution in [3.05, 3.63) is 12.2 Å². The molecule has 0 saturated carbocycles. The van der Waals surface area contributed by atoms with Crippen LogP contribution >= 0.6 is 0 Å². The average molecular weight is 848 g/mol. The minimum atomic E-state index is -0.785. The third-order valence-electron chi connectivity index (χ3n) is 12.6. The molecule has 0 aliphatic heterocycles. The first-order chi connectivity index (χ1) is 29.5. The highest BCUT2D eigenvalue weighted by Crippen LogP contribution is 2.18. The highest BCUT2D eigenvalue weighted by molar-refractivity contribution is 5.77. The van der Waals surface area contributed by atoms with Gasteiger partial charge in [0.2, 0.25) is 5.91 Å². The molecule has 60 heavy (non-hydrogen) atoms. The topological polar surface area (TPSA) is 95.9 Å². The predicted molar refractivity (Wildman–Crippen MR) is 260 cm³/mol. The normalized spacial score (nSPS) is 13.2. The highest BCUT2D eigenvalue weighted by atomic mass is 16.5. The number of hydrogen-bond acceptors (Lipinski definition) is 5. The van der Waals surface area contributed by atoms with Crippen molar-refractivity contribution < 1.29 is 24.5 Å². The molecule has 0 fully saturated rings. The van der Waals surface area contributed by atoms with E-state index < -0.39 is 18.2 Å². The number of hydrogen-bond donors (Lipinski definition) is 3. The van der Waals surface area contributed by atoms with Crippen molar-refractivity contribution in [2.24, 2.45) is 0 Å². The lowest BCUT2D eigenvalue weighted by atomic mass is 10.0. The Balaban J connectivity index is 4.43. The number of aliphatic hydroxyl groups excluding tert-OH is 2. The van der Waals surface area contributed by atoms with Gasteiger partial charge >= 0.3 is 5.97 Å². The van der Waals surface area contributed by atoms with E-state index in [2.05, 4.69) is 38.2 Å². The SMILES string of the molecule is CCCCC/C=C\CCCCCC(CC(=O)NC(CO)C(O)CCCCCCCCCCCCCCCCC)OC(=O)CCCCCCCCCCCCCCCCCC. The van der Waals surface area contributed by atoms with Gasteiger partial charge in [0.1, 0.15) is 6.10 Å². The number of aliphatic hydroxyl groups is 2. The van der Waals surface area contributed by atoms with E-state index >= 15 is 0 Å². The summed E-state index contributed by atoms with van der Waals surface area (Å²) in [5.41, 5.74) is 0. The van der Waals surface area contributed by atoms with Gasteiger partial charge in [0.05, 0.1) is 25.2 Å². The van der Waals surface area contributed by atoms with Gasteiger partial charge in [-0.1, -0.05) is 245 Å². The van der Waals surface area contributed by atoms with Crippen LogP contribution in [0.4, 0.5) is 0 Å². The van der Waals surface area contributed by atoms with Crippen LogP contribution in [0.5, 0.6) is 0 Å². The lowest BCUT2D eigenvalue weighted by Crippen LogP contribution is -2.46. The van der Waals surface area contributed by atoms with E-state index in [1.165, 1.54) is 186 Å². The van der Waals surface area contributed by atoms with Gasteiger partial charge < -0.3 is 20.3 Å². The summed E-state index contributed by atoms with van der Waals surface area (Å²) in [7, 11) is 0. The van der Waals surface area contributed by atoms with Crippen LogP contribution in [-0.2, 0) is 14.3 Å². The van der Waals surface area contributed by atoms with Gasteiger partial charge in [0.25, 0.3) is 0 Å². The Hall–Kier alpha value is -1.40. The summed E-state index contributed by atoms with van der Waals surface area (Å²) < 4.78 is 5.93. The molecule has 1 amide bonds. The zero-order valence-electron chi connectivity index (χ0n) is 40.6. The van der Waals surface area contributed by atoms with Crippen molar-refractivity contribution in [3.8, 4) is 0 Å². The van der Waals surface area contributed by atoms with Gasteiger partial charge in [-0.15, -0.1) is 0 Å². The summed E-state index contributed by atoms with van der Waals surface area (Å²) in [5.74, 6) is -0.472. The van der Waals surface area contributed by atoms with Crippen molar-refractivity contribution in [1.82, 2.24) is 5.32 Å². The molecule has 0 aromatic rings. The lowest BCUT2D eigenvalue weighted by Gasteiger charge is -2.24. The first-order valence-corrected chi connectivity index (χ1v) is 26.9. The Labute approximate surface area is 374 Å². The van der Waals surface area contributed by atoms with E-state index in [-0.39, 0.29) is 24.9 Å². The molecule has 6 nitrogen and oxygen atoms in total. The Morgan fingerprint density at radius 1 is 0.467 bits per heavy atom. The largest absolute Gasteiger partial charge is 0.462 e. The number of ether oxygens (including phenoxy) is 1. The molecule has 0 spiro atoms. The van der Waals surface area contributed by atoms with Gasteiger partial charge in [0, 0.05) is 6.42 Å². The molecule has 3 N–H and O–H groups in total. The van der Waals surface area contributed by atoms with E-state index in [0.717, 1.165) is 64.2 Å². The predicted octanol–water partition coefficient (Wildman–Crippen LogP) is 16.1. The van der Waals surface area contributed by atoms with E-state index in [0.29, 0.717) is 19.3 Å². The maximum Gasteiger partial charge on any atom is 0.306 e. The second-order valence-electron chi connectivity index (χ2n) is 18.6. The molecule has 356 valence electrons. The van der Waals surface area contributed by atoms with Crippen LogP contribution in [-0.4, -0.2) is 46.9 Å². The van der Waals surface area contributed by atoms with E-state index in [9.17, 15) is 19.8 Å². The molecule has 0 aliphatic rings. The van der Waals surface area contributed by atoms with Crippen molar-refractivity contribution in [2.45, 2.75) is 315 Å². The molecule has 0 aliphatic carbocycles. The Bertz CT molecular complexity index is 909. The third-order valence-corrected chi connectivity index (χ3v) is 12.6. The Kier molecular flexibility index (Phi) is 47.5. The van der Waals surface area contributed by atoms with Crippen LogP contribution in [0.1, 0.15) is 297 Å². The van der Waals surface area contributed by atoms with Gasteiger partial charge in [-0.25, -0.2) is 0 Å². The van der Waals surface area contributed by atoms with Crippen molar-refractivity contribution in [3.63, 3.8) is 0 Å². The zero-order valence-corrected chi connectivity index (χ0v) is 40.6. The minimum absolute atomic E-state index is 0.0736.